The second-order valence-electron chi connectivity index (χ2n) is 2.53. The maximum absolute atomic E-state index is 12.5. The van der Waals surface area contributed by atoms with Gasteiger partial charge >= 0.3 is 0 Å². The summed E-state index contributed by atoms with van der Waals surface area (Å²) in [5.74, 6) is 1.86. The molecule has 0 saturated carbocycles. The highest BCUT2D eigenvalue weighted by Crippen LogP contribution is 2.11. The summed E-state index contributed by atoms with van der Waals surface area (Å²) in [5.41, 5.74) is 4.93. The zero-order chi connectivity index (χ0) is 8.81. The second kappa shape index (κ2) is 5.17. The van der Waals surface area contributed by atoms with E-state index in [4.69, 9.17) is 0 Å². The normalized spacial score (nSPS) is 10.2. The molecule has 0 atom stereocenters. The Kier molecular flexibility index (Phi) is 4.11. The van der Waals surface area contributed by atoms with Gasteiger partial charge in [0.25, 0.3) is 0 Å². The molecular formula is C9H13FNS+. The summed E-state index contributed by atoms with van der Waals surface area (Å²) in [6.45, 7) is 0.950. The van der Waals surface area contributed by atoms with E-state index in [9.17, 15) is 4.39 Å². The van der Waals surface area contributed by atoms with Crippen LogP contribution in [0.15, 0.2) is 24.3 Å². The van der Waals surface area contributed by atoms with Crippen molar-refractivity contribution in [3.63, 3.8) is 0 Å². The van der Waals surface area contributed by atoms with Crippen LogP contribution in [0, 0.1) is 5.82 Å². The highest BCUT2D eigenvalue weighted by Gasteiger charge is 1.93. The van der Waals surface area contributed by atoms with Gasteiger partial charge in [0.2, 0.25) is 0 Å². The molecule has 0 fully saturated rings. The average Bonchev–Trinajstić information content (AvgIpc) is 2.09. The summed E-state index contributed by atoms with van der Waals surface area (Å²) in [7, 11) is 0. The van der Waals surface area contributed by atoms with E-state index >= 15 is 0 Å². The Bertz CT molecular complexity index is 222. The molecule has 1 rings (SSSR count). The van der Waals surface area contributed by atoms with E-state index in [-0.39, 0.29) is 5.82 Å². The van der Waals surface area contributed by atoms with Gasteiger partial charge in [-0.2, -0.15) is 11.8 Å². The number of rotatable bonds is 4. The third kappa shape index (κ3) is 3.24. The molecule has 0 bridgehead atoms. The van der Waals surface area contributed by atoms with Crippen molar-refractivity contribution in [3.8, 4) is 0 Å². The molecule has 1 nitrogen and oxygen atoms in total. The van der Waals surface area contributed by atoms with Crippen LogP contribution >= 0.6 is 11.8 Å². The number of hydrogen-bond acceptors (Lipinski definition) is 1. The van der Waals surface area contributed by atoms with Crippen LogP contribution in [-0.2, 0) is 5.75 Å². The Hall–Kier alpha value is -0.540. The third-order valence-electron chi connectivity index (χ3n) is 1.47. The second-order valence-corrected chi connectivity index (χ2v) is 3.64. The number of hydrogen-bond donors (Lipinski definition) is 1. The van der Waals surface area contributed by atoms with Gasteiger partial charge in [0.1, 0.15) is 5.82 Å². The van der Waals surface area contributed by atoms with E-state index in [2.05, 4.69) is 5.73 Å². The first-order chi connectivity index (χ1) is 5.83. The fraction of sp³-hybridized carbons (Fsp3) is 0.333. The lowest BCUT2D eigenvalue weighted by Crippen LogP contribution is -2.51. The lowest BCUT2D eigenvalue weighted by Gasteiger charge is -1.98. The van der Waals surface area contributed by atoms with Crippen LogP contribution in [0.5, 0.6) is 0 Å². The summed E-state index contributed by atoms with van der Waals surface area (Å²) >= 11 is 1.83. The Morgan fingerprint density at radius 3 is 2.50 bits per heavy atom. The lowest BCUT2D eigenvalue weighted by molar-refractivity contribution is -0.360. The van der Waals surface area contributed by atoms with Crippen molar-refractivity contribution < 1.29 is 10.1 Å². The third-order valence-corrected chi connectivity index (χ3v) is 2.59. The van der Waals surface area contributed by atoms with Crippen molar-refractivity contribution in [3.05, 3.63) is 35.6 Å². The SMILES string of the molecule is [NH3+]CCSCc1ccc(F)cc1. The Labute approximate surface area is 76.2 Å². The van der Waals surface area contributed by atoms with Crippen molar-refractivity contribution >= 4 is 11.8 Å². The minimum absolute atomic E-state index is 0.166. The maximum Gasteiger partial charge on any atom is 0.123 e. The molecule has 3 N–H and O–H groups in total. The smallest absolute Gasteiger partial charge is 0.123 e. The van der Waals surface area contributed by atoms with E-state index < -0.39 is 0 Å². The first-order valence-electron chi connectivity index (χ1n) is 3.94. The van der Waals surface area contributed by atoms with Gasteiger partial charge < -0.3 is 5.73 Å². The number of halogens is 1. The molecule has 0 radical (unpaired) electrons. The van der Waals surface area contributed by atoms with Gasteiger partial charge in [-0.05, 0) is 17.7 Å². The summed E-state index contributed by atoms with van der Waals surface area (Å²) in [4.78, 5) is 0. The van der Waals surface area contributed by atoms with Crippen LogP contribution in [0.1, 0.15) is 5.56 Å². The van der Waals surface area contributed by atoms with Gasteiger partial charge in [0.05, 0.1) is 6.54 Å². The molecule has 0 aliphatic heterocycles. The minimum Gasteiger partial charge on any atom is -0.357 e. The van der Waals surface area contributed by atoms with Gasteiger partial charge in [0.15, 0.2) is 0 Å². The molecule has 66 valence electrons. The minimum atomic E-state index is -0.166. The van der Waals surface area contributed by atoms with Gasteiger partial charge in [0, 0.05) is 11.5 Å². The van der Waals surface area contributed by atoms with Crippen LogP contribution in [-0.4, -0.2) is 12.3 Å². The monoisotopic (exact) mass is 186 g/mol. The molecule has 1 aromatic rings. The summed E-state index contributed by atoms with van der Waals surface area (Å²) in [6, 6.07) is 6.65. The molecule has 0 heterocycles. The van der Waals surface area contributed by atoms with Gasteiger partial charge in [-0.25, -0.2) is 4.39 Å². The van der Waals surface area contributed by atoms with Crippen molar-refractivity contribution in [2.24, 2.45) is 0 Å². The highest BCUT2D eigenvalue weighted by atomic mass is 32.2. The summed E-state index contributed by atoms with van der Waals surface area (Å²) in [6.07, 6.45) is 0. The molecule has 0 amide bonds. The maximum atomic E-state index is 12.5. The largest absolute Gasteiger partial charge is 0.357 e. The van der Waals surface area contributed by atoms with Crippen LogP contribution < -0.4 is 5.73 Å². The summed E-state index contributed by atoms with van der Waals surface area (Å²) in [5, 5.41) is 0. The van der Waals surface area contributed by atoms with Crippen LogP contribution in [0.3, 0.4) is 0 Å². The lowest BCUT2D eigenvalue weighted by atomic mass is 10.2. The van der Waals surface area contributed by atoms with Gasteiger partial charge in [-0.1, -0.05) is 12.1 Å². The van der Waals surface area contributed by atoms with E-state index in [0.717, 1.165) is 18.1 Å². The number of thioether (sulfide) groups is 1. The molecule has 0 spiro atoms. The zero-order valence-corrected chi connectivity index (χ0v) is 7.74. The van der Waals surface area contributed by atoms with Crippen LogP contribution in [0.25, 0.3) is 0 Å². The zero-order valence-electron chi connectivity index (χ0n) is 6.92. The average molecular weight is 186 g/mol. The molecule has 0 aromatic heterocycles. The van der Waals surface area contributed by atoms with Crippen molar-refractivity contribution in [2.45, 2.75) is 5.75 Å². The van der Waals surface area contributed by atoms with Gasteiger partial charge in [-0.3, -0.25) is 0 Å². The quantitative estimate of drug-likeness (QED) is 0.705. The summed E-state index contributed by atoms with van der Waals surface area (Å²) < 4.78 is 12.5. The Balaban J connectivity index is 2.37. The molecular weight excluding hydrogens is 173 g/mol. The fourth-order valence-electron chi connectivity index (χ4n) is 0.873. The van der Waals surface area contributed by atoms with Gasteiger partial charge in [-0.15, -0.1) is 0 Å². The molecule has 0 saturated heterocycles. The highest BCUT2D eigenvalue weighted by molar-refractivity contribution is 7.98. The van der Waals surface area contributed by atoms with E-state index in [1.54, 1.807) is 0 Å². The molecule has 12 heavy (non-hydrogen) atoms. The Morgan fingerprint density at radius 2 is 1.92 bits per heavy atom. The van der Waals surface area contributed by atoms with E-state index in [1.165, 1.54) is 17.7 Å². The molecule has 1 aromatic carbocycles. The van der Waals surface area contributed by atoms with Crippen molar-refractivity contribution in [2.75, 3.05) is 12.3 Å². The van der Waals surface area contributed by atoms with Crippen LogP contribution in [0.2, 0.25) is 0 Å². The Morgan fingerprint density at radius 1 is 1.25 bits per heavy atom. The number of benzene rings is 1. The van der Waals surface area contributed by atoms with Crippen LogP contribution in [0.4, 0.5) is 4.39 Å². The molecule has 0 aliphatic carbocycles. The van der Waals surface area contributed by atoms with E-state index in [0.29, 0.717) is 0 Å². The standard InChI is InChI=1S/C9H12FNS/c10-9-3-1-8(2-4-9)7-12-6-5-11/h1-4H,5-7,11H2/p+1. The first-order valence-corrected chi connectivity index (χ1v) is 5.10. The van der Waals surface area contributed by atoms with Crippen molar-refractivity contribution in [1.29, 1.82) is 0 Å². The topological polar surface area (TPSA) is 27.6 Å². The molecule has 0 unspecified atom stereocenters. The van der Waals surface area contributed by atoms with Crippen molar-refractivity contribution in [1.82, 2.24) is 0 Å². The predicted molar refractivity (Wildman–Crippen MR) is 50.3 cm³/mol. The number of quaternary nitrogens is 1. The first kappa shape index (κ1) is 9.55. The fourth-order valence-corrected chi connectivity index (χ4v) is 1.65. The van der Waals surface area contributed by atoms with E-state index in [1.807, 2.05) is 23.9 Å². The molecule has 0 aliphatic rings. The molecule has 3 heteroatoms. The predicted octanol–water partition coefficient (Wildman–Crippen LogP) is 1.30.